The highest BCUT2D eigenvalue weighted by Crippen LogP contribution is 2.40. The van der Waals surface area contributed by atoms with Gasteiger partial charge in [0.1, 0.15) is 94.4 Å². The number of sulfonamides is 4. The van der Waals surface area contributed by atoms with Crippen molar-refractivity contribution in [1.29, 1.82) is 0 Å². The second-order valence-electron chi connectivity index (χ2n) is 30.5. The zero-order valence-electron chi connectivity index (χ0n) is 75.6. The summed E-state index contributed by atoms with van der Waals surface area (Å²) in [5, 5.41) is 62.5. The van der Waals surface area contributed by atoms with Gasteiger partial charge in [-0.25, -0.2) is 57.1 Å². The van der Waals surface area contributed by atoms with E-state index in [1.165, 1.54) is 152 Å². The molecule has 0 bridgehead atoms. The van der Waals surface area contributed by atoms with Crippen molar-refractivity contribution in [3.8, 4) is 51.5 Å². The third kappa shape index (κ3) is 23.7. The number of H-pyrrole nitrogens is 4. The largest absolute Gasteiger partial charge is 0.497 e. The van der Waals surface area contributed by atoms with Gasteiger partial charge < -0.3 is 56.8 Å². The normalized spacial score (nSPS) is 14.8. The number of nitrogens with zero attached hydrogens (tertiary/aromatic N) is 15. The summed E-state index contributed by atoms with van der Waals surface area (Å²) >= 11 is 0. The number of nitrogen functional groups attached to an aromatic ring is 4. The highest BCUT2D eigenvalue weighted by atomic mass is 32.2. The molecule has 5 heterocycles. The minimum absolute atomic E-state index is 0.00560. The molecule has 724 valence electrons. The molecule has 13 aromatic rings. The van der Waals surface area contributed by atoms with Crippen LogP contribution in [0, 0.1) is 5.92 Å². The number of piperidine rings is 1. The summed E-state index contributed by atoms with van der Waals surface area (Å²) in [6.07, 6.45) is 6.08. The number of aliphatic hydroxyl groups is 2. The number of methoxy groups -OCH3 is 5. The van der Waals surface area contributed by atoms with Gasteiger partial charge in [-0.1, -0.05) is 84.9 Å². The van der Waals surface area contributed by atoms with Gasteiger partial charge in [-0.05, 0) is 173 Å². The SMILES string of the molecule is C=CCN(CC=C)S(=O)(=O)c1ccc(OC)cc1N=Nc1c(N)[nH]n(-c2ccccc2)c1=O.CCN(c1ccc(OC)cc1)S(=O)(=O)c1ccc(OC)cc1N=Nc1c(N)[nH]n(-c2ccccc2)c1=O.COc1ccc(S(=O)(=O)N2CCC[C@@H](CO)C2)c(N=Nc2c(N)[nH]n(-c3ccccc3)c2=O)c1.COc1ccc(S(=O)(=O)NC2CCC(O)CC2)c(N=Nc2c(N)[nH]n(-c3ccccc3)c2=O)c1. The van der Waals surface area contributed by atoms with Crippen molar-refractivity contribution in [3.05, 3.63) is 285 Å². The number of azo groups is 4. The summed E-state index contributed by atoms with van der Waals surface area (Å²) in [5.74, 6) is 1.91. The maximum Gasteiger partial charge on any atom is 0.301 e. The van der Waals surface area contributed by atoms with Gasteiger partial charge in [0.15, 0.2) is 22.7 Å². The van der Waals surface area contributed by atoms with Crippen molar-refractivity contribution in [2.24, 2.45) is 46.8 Å². The Balaban J connectivity index is 0.000000165. The molecule has 15 rings (SSSR count). The number of aliphatic hydroxyl groups excluding tert-OH is 2. The number of ether oxygens (including phenoxy) is 5. The van der Waals surface area contributed by atoms with E-state index in [0.717, 1.165) is 6.42 Å². The van der Waals surface area contributed by atoms with E-state index in [9.17, 15) is 63.1 Å². The average molecular weight is 1960 g/mol. The Morgan fingerprint density at radius 1 is 0.428 bits per heavy atom. The average Bonchev–Trinajstić information content (AvgIpc) is 0.855. The van der Waals surface area contributed by atoms with Crippen LogP contribution in [0.25, 0.3) is 22.7 Å². The predicted molar refractivity (Wildman–Crippen MR) is 521 cm³/mol. The Morgan fingerprint density at radius 2 is 0.746 bits per heavy atom. The Hall–Kier alpha value is -15.5. The molecule has 43 nitrogen and oxygen atoms in total. The van der Waals surface area contributed by atoms with Gasteiger partial charge in [0, 0.05) is 69.6 Å². The molecule has 1 saturated heterocycles. The molecule has 9 aromatic carbocycles. The smallest absolute Gasteiger partial charge is 0.301 e. The number of para-hydroxylation sites is 4. The Bertz CT molecular complexity index is 7340. The number of nitrogens with one attached hydrogen (secondary N) is 5. The molecule has 47 heteroatoms. The van der Waals surface area contributed by atoms with Crippen LogP contribution in [-0.4, -0.2) is 179 Å². The van der Waals surface area contributed by atoms with E-state index < -0.39 is 68.4 Å². The van der Waals surface area contributed by atoms with Gasteiger partial charge in [-0.2, -0.15) is 8.61 Å². The van der Waals surface area contributed by atoms with Crippen LogP contribution < -0.4 is 77.9 Å². The standard InChI is InChI=1S/C25H26N6O5S.2C22H26N6O5S.C22H24N6O4S/c1-4-30(17-10-12-19(35-2)13-11-17)37(33,34)22-15-14-20(36-3)16-21(22)27-28-23-24(26)29-31(25(23)32)18-8-6-5-7-9-18;1-33-17-9-10-19(34(31,32)27-11-5-6-15(13-27)14-29)18(12-17)24-25-20-21(23)26-28(22(20)30)16-7-3-2-4-8-16;1-33-17-11-12-19(34(31,32)27-14-7-9-16(29)10-8-14)18(13-17)24-25-20-21(23)26-28(22(20)30)15-5-3-2-4-6-15;1-4-13-27(14-5-2)33(30,31)19-12-11-17(32-3)15-18(19)24-25-20-21(23)26-28(22(20)29)16-9-7-6-8-10-16/h5-16,29H,4,26H2,1-3H3;2-4,7-10,12,15,26,29H,5-6,11,13-14,23H2,1H3;2-6,11-14,16,26-27,29H,7-10,23H2,1H3;4-12,15,26H,1-2,13-14,23H2,3H3/t;15-;;/m.1../s1. The van der Waals surface area contributed by atoms with E-state index in [-0.39, 0.29) is 133 Å². The van der Waals surface area contributed by atoms with E-state index in [2.05, 4.69) is 79.2 Å². The molecule has 0 amide bonds. The number of rotatable bonds is 33. The Morgan fingerprint density at radius 3 is 1.08 bits per heavy atom. The fraction of sp³-hybridized carbons (Fsp3) is 0.231. The molecular formula is C91H102N24O19S4. The van der Waals surface area contributed by atoms with Crippen LogP contribution in [0.2, 0.25) is 0 Å². The minimum atomic E-state index is -4.08. The first-order chi connectivity index (χ1) is 66.2. The first-order valence-corrected chi connectivity index (χ1v) is 48.3. The Kier molecular flexibility index (Phi) is 33.6. The van der Waals surface area contributed by atoms with Gasteiger partial charge >= 0.3 is 22.2 Å². The molecule has 0 spiro atoms. The summed E-state index contributed by atoms with van der Waals surface area (Å²) in [6.45, 7) is 9.71. The van der Waals surface area contributed by atoms with Crippen LogP contribution in [0.15, 0.2) is 323 Å². The molecular weight excluding hydrogens is 1860 g/mol. The lowest BCUT2D eigenvalue weighted by molar-refractivity contribution is 0.120. The lowest BCUT2D eigenvalue weighted by Gasteiger charge is -2.31. The summed E-state index contributed by atoms with van der Waals surface area (Å²) < 4.78 is 144. The van der Waals surface area contributed by atoms with Crippen LogP contribution in [0.3, 0.4) is 0 Å². The number of hydrogen-bond donors (Lipinski definition) is 11. The highest BCUT2D eigenvalue weighted by molar-refractivity contribution is 7.93. The maximum absolute atomic E-state index is 13.7. The lowest BCUT2D eigenvalue weighted by Crippen LogP contribution is -2.40. The van der Waals surface area contributed by atoms with E-state index in [1.807, 2.05) is 24.3 Å². The second-order valence-corrected chi connectivity index (χ2v) is 37.8. The van der Waals surface area contributed by atoms with Gasteiger partial charge in [-0.3, -0.25) is 43.9 Å². The molecule has 0 unspecified atom stereocenters. The third-order valence-electron chi connectivity index (χ3n) is 21.5. The van der Waals surface area contributed by atoms with Crippen LogP contribution >= 0.6 is 0 Å². The number of hydrogen-bond acceptors (Lipinski definition) is 31. The fourth-order valence-corrected chi connectivity index (χ4v) is 20.5. The number of aromatic nitrogens is 8. The number of anilines is 5. The van der Waals surface area contributed by atoms with Crippen LogP contribution in [0.1, 0.15) is 45.4 Å². The molecule has 1 aliphatic carbocycles. The van der Waals surface area contributed by atoms with Crippen molar-refractivity contribution < 1.29 is 67.6 Å². The first-order valence-electron chi connectivity index (χ1n) is 42.5. The molecule has 1 aliphatic heterocycles. The molecule has 4 aromatic heterocycles. The number of benzene rings is 9. The molecule has 0 radical (unpaired) electrons. The molecule has 2 aliphatic rings. The molecule has 1 atom stereocenters. The van der Waals surface area contributed by atoms with Crippen molar-refractivity contribution in [3.63, 3.8) is 0 Å². The topological polar surface area (TPSA) is 599 Å². The number of aromatic amines is 4. The maximum atomic E-state index is 13.7. The second kappa shape index (κ2) is 45.7. The third-order valence-corrected chi connectivity index (χ3v) is 28.8. The fourth-order valence-electron chi connectivity index (χ4n) is 14.4. The van der Waals surface area contributed by atoms with E-state index in [4.69, 9.17) is 46.6 Å². The summed E-state index contributed by atoms with van der Waals surface area (Å²) in [6, 6.07) is 58.8. The summed E-state index contributed by atoms with van der Waals surface area (Å²) in [5.41, 5.74) is 23.8. The zero-order chi connectivity index (χ0) is 99.2. The lowest BCUT2D eigenvalue weighted by atomic mass is 9.94. The van der Waals surface area contributed by atoms with Gasteiger partial charge in [-0.15, -0.1) is 54.1 Å². The van der Waals surface area contributed by atoms with Crippen molar-refractivity contribution in [1.82, 2.24) is 52.5 Å². The van der Waals surface area contributed by atoms with E-state index >= 15 is 0 Å². The van der Waals surface area contributed by atoms with Crippen molar-refractivity contribution in [2.45, 2.75) is 77.2 Å². The van der Waals surface area contributed by atoms with Crippen LogP contribution in [-0.2, 0) is 40.1 Å². The van der Waals surface area contributed by atoms with Gasteiger partial charge in [0.05, 0.1) is 70.1 Å². The summed E-state index contributed by atoms with van der Waals surface area (Å²) in [4.78, 5) is 51.0. The van der Waals surface area contributed by atoms with E-state index in [0.29, 0.717) is 95.8 Å². The van der Waals surface area contributed by atoms with Crippen LogP contribution in [0.5, 0.6) is 28.7 Å². The van der Waals surface area contributed by atoms with Crippen molar-refractivity contribution in [2.75, 3.05) is 102 Å². The first kappa shape index (κ1) is 101. The monoisotopic (exact) mass is 1960 g/mol. The van der Waals surface area contributed by atoms with Gasteiger partial charge in [0.25, 0.3) is 10.0 Å². The molecule has 1 saturated carbocycles. The summed E-state index contributed by atoms with van der Waals surface area (Å²) in [7, 11) is -8.65. The van der Waals surface area contributed by atoms with Gasteiger partial charge in [0.2, 0.25) is 30.1 Å². The molecule has 138 heavy (non-hydrogen) atoms. The minimum Gasteiger partial charge on any atom is -0.497 e. The Labute approximate surface area is 792 Å². The molecule has 15 N–H and O–H groups in total. The van der Waals surface area contributed by atoms with Crippen molar-refractivity contribution >= 4 is 115 Å². The highest BCUT2D eigenvalue weighted by Gasteiger charge is 2.35. The zero-order valence-corrected chi connectivity index (χ0v) is 78.8. The quantitative estimate of drug-likeness (QED) is 0.0134. The van der Waals surface area contributed by atoms with E-state index in [1.54, 1.807) is 128 Å². The predicted octanol–water partition coefficient (Wildman–Crippen LogP) is 13.2. The molecule has 2 fully saturated rings. The number of nitrogens with two attached hydrogens (primary N) is 4. The van der Waals surface area contributed by atoms with Crippen LogP contribution in [0.4, 0.5) is 74.5 Å².